The molecule has 3 heterocycles. The van der Waals surface area contributed by atoms with E-state index in [1.807, 2.05) is 11.8 Å². The van der Waals surface area contributed by atoms with Gasteiger partial charge in [0.2, 0.25) is 0 Å². The van der Waals surface area contributed by atoms with Crippen LogP contribution in [0.15, 0.2) is 192 Å². The minimum Gasteiger partial charge on any atom is -0.309 e. The van der Waals surface area contributed by atoms with E-state index in [1.54, 1.807) is 0 Å². The fraction of sp³-hybridized carbons (Fsp3) is 0. The monoisotopic (exact) mass is 666 g/mol. The van der Waals surface area contributed by atoms with E-state index in [9.17, 15) is 0 Å². The van der Waals surface area contributed by atoms with Crippen molar-refractivity contribution in [1.29, 1.82) is 0 Å². The smallest absolute Gasteiger partial charge is 0.0681 e. The quantitative estimate of drug-likeness (QED) is 0.182. The number of rotatable bonds is 4. The van der Waals surface area contributed by atoms with Crippen molar-refractivity contribution in [3.8, 4) is 44.8 Å². The number of hydrogen-bond acceptors (Lipinski definition) is 1. The van der Waals surface area contributed by atoms with Gasteiger partial charge in [-0.15, -0.1) is 0 Å². The molecular weight excluding hydrogens is 637 g/mol. The Morgan fingerprint density at radius 2 is 0.922 bits per heavy atom. The average Bonchev–Trinajstić information content (AvgIpc) is 3.72. The molecule has 51 heavy (non-hydrogen) atoms. The van der Waals surface area contributed by atoms with Crippen LogP contribution < -0.4 is 0 Å². The Bertz CT molecular complexity index is 2870. The molecule has 0 amide bonds. The van der Waals surface area contributed by atoms with Crippen LogP contribution in [0.3, 0.4) is 0 Å². The first-order chi connectivity index (χ1) is 25.3. The number of fused-ring (bicyclic) bond motifs is 8. The van der Waals surface area contributed by atoms with Crippen molar-refractivity contribution in [3.05, 3.63) is 182 Å². The summed E-state index contributed by atoms with van der Waals surface area (Å²) in [6.07, 6.45) is 0. The zero-order valence-electron chi connectivity index (χ0n) is 27.6. The lowest BCUT2D eigenvalue weighted by Gasteiger charge is -2.22. The first-order valence-corrected chi connectivity index (χ1v) is 18.3. The summed E-state index contributed by atoms with van der Waals surface area (Å²) in [6.45, 7) is 0. The number of hydrogen-bond donors (Lipinski definition) is 0. The fourth-order valence-electron chi connectivity index (χ4n) is 8.18. The van der Waals surface area contributed by atoms with Crippen molar-refractivity contribution in [2.75, 3.05) is 0 Å². The second kappa shape index (κ2) is 11.1. The van der Waals surface area contributed by atoms with Gasteiger partial charge in [-0.05, 0) is 88.0 Å². The minimum absolute atomic E-state index is 1.15. The third-order valence-corrected chi connectivity index (χ3v) is 11.7. The van der Waals surface area contributed by atoms with Crippen molar-refractivity contribution < 1.29 is 0 Å². The Morgan fingerprint density at radius 3 is 1.61 bits per heavy atom. The summed E-state index contributed by atoms with van der Waals surface area (Å²) in [6, 6.07) is 66.6. The van der Waals surface area contributed by atoms with E-state index in [0.29, 0.717) is 0 Å². The van der Waals surface area contributed by atoms with Crippen LogP contribution in [-0.2, 0) is 0 Å². The Labute approximate surface area is 299 Å². The van der Waals surface area contributed by atoms with Crippen LogP contribution in [-0.4, -0.2) is 9.13 Å². The van der Waals surface area contributed by atoms with Crippen LogP contribution in [0.2, 0.25) is 0 Å². The molecule has 0 unspecified atom stereocenters. The Balaban J connectivity index is 1.07. The van der Waals surface area contributed by atoms with Gasteiger partial charge in [-0.25, -0.2) is 0 Å². The maximum atomic E-state index is 2.47. The van der Waals surface area contributed by atoms with Crippen molar-refractivity contribution >= 4 is 55.4 Å². The molecule has 0 radical (unpaired) electrons. The third-order valence-electron chi connectivity index (χ3n) is 10.5. The largest absolute Gasteiger partial charge is 0.309 e. The van der Waals surface area contributed by atoms with E-state index in [2.05, 4.69) is 191 Å². The van der Waals surface area contributed by atoms with Crippen LogP contribution >= 0.6 is 11.8 Å². The molecule has 2 aromatic heterocycles. The predicted molar refractivity (Wildman–Crippen MR) is 216 cm³/mol. The standard InChI is InChI=1S/C48H30N2S/c1-3-11-31(12-4-1)34-23-27-43-40(29-34)41-30-35(32-13-5-2-6-14-32)24-28-44(41)49(43)36-25-21-33(22-26-36)37-16-9-19-45-48(37)51-46-20-10-17-39-38-15-7-8-18-42(38)50(45)47(39)46/h1-30H. The molecule has 0 fully saturated rings. The molecule has 1 aliphatic rings. The second-order valence-electron chi connectivity index (χ2n) is 13.3. The Morgan fingerprint density at radius 1 is 0.353 bits per heavy atom. The zero-order chi connectivity index (χ0) is 33.5. The number of benzene rings is 8. The van der Waals surface area contributed by atoms with E-state index in [0.717, 1.165) is 5.69 Å². The third kappa shape index (κ3) is 4.32. The normalized spacial score (nSPS) is 12.2. The lowest BCUT2D eigenvalue weighted by atomic mass is 10.0. The highest BCUT2D eigenvalue weighted by Crippen LogP contribution is 2.50. The summed E-state index contributed by atoms with van der Waals surface area (Å²) >= 11 is 1.89. The molecule has 0 bridgehead atoms. The van der Waals surface area contributed by atoms with Crippen LogP contribution in [0.25, 0.3) is 88.4 Å². The van der Waals surface area contributed by atoms with Crippen LogP contribution in [0.5, 0.6) is 0 Å². The fourth-order valence-corrected chi connectivity index (χ4v) is 9.40. The molecule has 0 atom stereocenters. The Hall–Kier alpha value is -6.29. The molecular formula is C48H30N2S. The van der Waals surface area contributed by atoms with Gasteiger partial charge in [-0.2, -0.15) is 0 Å². The molecule has 11 rings (SSSR count). The number of para-hydroxylation sites is 2. The van der Waals surface area contributed by atoms with E-state index >= 15 is 0 Å². The molecule has 10 aromatic rings. The maximum Gasteiger partial charge on any atom is 0.0681 e. The SMILES string of the molecule is c1ccc(-c2ccc3c(c2)c2cc(-c4ccccc4)ccc2n3-c2ccc(-c3cccc4c3Sc3cccc5c6ccccc6n-4c35)cc2)cc1. The van der Waals surface area contributed by atoms with Crippen molar-refractivity contribution in [1.82, 2.24) is 9.13 Å². The van der Waals surface area contributed by atoms with Gasteiger partial charge in [0.25, 0.3) is 0 Å². The molecule has 0 spiro atoms. The van der Waals surface area contributed by atoms with Crippen molar-refractivity contribution in [2.45, 2.75) is 9.79 Å². The highest BCUT2D eigenvalue weighted by atomic mass is 32.2. The van der Waals surface area contributed by atoms with Crippen LogP contribution in [0, 0.1) is 0 Å². The van der Waals surface area contributed by atoms with E-state index in [-0.39, 0.29) is 0 Å². The average molecular weight is 667 g/mol. The number of aromatic nitrogens is 2. The molecule has 0 saturated heterocycles. The highest BCUT2D eigenvalue weighted by Gasteiger charge is 2.25. The van der Waals surface area contributed by atoms with Crippen LogP contribution in [0.1, 0.15) is 0 Å². The molecule has 0 aliphatic carbocycles. The summed E-state index contributed by atoms with van der Waals surface area (Å²) in [5.41, 5.74) is 14.7. The predicted octanol–water partition coefficient (Wildman–Crippen LogP) is 13.3. The van der Waals surface area contributed by atoms with Gasteiger partial charge in [-0.3, -0.25) is 0 Å². The van der Waals surface area contributed by atoms with E-state index < -0.39 is 0 Å². The lowest BCUT2D eigenvalue weighted by Crippen LogP contribution is -2.03. The molecule has 2 nitrogen and oxygen atoms in total. The molecule has 0 saturated carbocycles. The van der Waals surface area contributed by atoms with Crippen molar-refractivity contribution in [3.63, 3.8) is 0 Å². The van der Waals surface area contributed by atoms with E-state index in [1.165, 1.54) is 92.5 Å². The summed E-state index contributed by atoms with van der Waals surface area (Å²) in [5.74, 6) is 0. The molecule has 3 heteroatoms. The van der Waals surface area contributed by atoms with Gasteiger partial charge in [0.1, 0.15) is 0 Å². The van der Waals surface area contributed by atoms with Gasteiger partial charge >= 0.3 is 0 Å². The summed E-state index contributed by atoms with van der Waals surface area (Å²) < 4.78 is 4.89. The summed E-state index contributed by atoms with van der Waals surface area (Å²) in [7, 11) is 0. The Kier molecular flexibility index (Phi) is 6.22. The zero-order valence-corrected chi connectivity index (χ0v) is 28.4. The summed E-state index contributed by atoms with van der Waals surface area (Å²) in [5, 5.41) is 5.13. The molecule has 0 N–H and O–H groups in total. The van der Waals surface area contributed by atoms with Crippen LogP contribution in [0.4, 0.5) is 0 Å². The maximum absolute atomic E-state index is 2.47. The van der Waals surface area contributed by atoms with Gasteiger partial charge in [0.15, 0.2) is 0 Å². The second-order valence-corrected chi connectivity index (χ2v) is 14.4. The highest BCUT2D eigenvalue weighted by molar-refractivity contribution is 8.00. The first kappa shape index (κ1) is 28.5. The van der Waals surface area contributed by atoms with Gasteiger partial charge in [-0.1, -0.05) is 139 Å². The molecule has 8 aromatic carbocycles. The van der Waals surface area contributed by atoms with Gasteiger partial charge in [0, 0.05) is 37.0 Å². The van der Waals surface area contributed by atoms with Gasteiger partial charge < -0.3 is 9.13 Å². The minimum atomic E-state index is 1.15. The molecule has 238 valence electrons. The number of nitrogens with zero attached hydrogens (tertiary/aromatic N) is 2. The van der Waals surface area contributed by atoms with E-state index in [4.69, 9.17) is 0 Å². The lowest BCUT2D eigenvalue weighted by molar-refractivity contribution is 1.09. The first-order valence-electron chi connectivity index (χ1n) is 17.4. The van der Waals surface area contributed by atoms with Gasteiger partial charge in [0.05, 0.1) is 27.8 Å². The van der Waals surface area contributed by atoms with Crippen molar-refractivity contribution in [2.24, 2.45) is 0 Å². The molecule has 1 aliphatic heterocycles. The summed E-state index contributed by atoms with van der Waals surface area (Å²) in [4.78, 5) is 2.60. The topological polar surface area (TPSA) is 9.86 Å².